The Kier molecular flexibility index (Phi) is 8.14. The summed E-state index contributed by atoms with van der Waals surface area (Å²) < 4.78 is 4.04. The van der Waals surface area contributed by atoms with Gasteiger partial charge in [0, 0.05) is 22.8 Å². The number of nitrogens with zero attached hydrogens (tertiary/aromatic N) is 5. The van der Waals surface area contributed by atoms with Gasteiger partial charge in [-0.3, -0.25) is 14.5 Å². The topological polar surface area (TPSA) is 176 Å². The maximum absolute atomic E-state index is 13.2. The molecule has 0 radical (unpaired) electrons. The van der Waals surface area contributed by atoms with E-state index in [4.69, 9.17) is 16.4 Å². The molecule has 5 heterocycles. The Morgan fingerprint density at radius 1 is 1.29 bits per heavy atom. The van der Waals surface area contributed by atoms with E-state index in [0.29, 0.717) is 10.3 Å². The number of thioether (sulfide) groups is 1. The summed E-state index contributed by atoms with van der Waals surface area (Å²) in [6, 6.07) is 4.53. The van der Waals surface area contributed by atoms with Crippen LogP contribution in [0, 0.1) is 5.21 Å². The number of nitrogens with one attached hydrogen (secondary N) is 2. The zero-order valence-electron chi connectivity index (χ0n) is 21.3. The average Bonchev–Trinajstić information content (AvgIpc) is 3.54. The number of aromatic nitrogens is 3. The molecule has 1 fully saturated rings. The van der Waals surface area contributed by atoms with Crippen molar-refractivity contribution in [3.63, 3.8) is 0 Å². The van der Waals surface area contributed by atoms with Crippen LogP contribution < -0.4 is 24.9 Å². The van der Waals surface area contributed by atoms with Crippen LogP contribution in [0.15, 0.2) is 58.6 Å². The third-order valence-corrected chi connectivity index (χ3v) is 8.67. The molecule has 17 heteroatoms. The standard InChI is InChI=1S/C24H22ClN7O7S2/c1-2-39-28-17(14-12-41-24(32(14)38)26-15(33)9-25)20(34)27-18-21(35)31-19(23(36)37)13(11-40-22(18)31)10-30-8-7-29-6-4-3-5-16(29)30/h3-8,12,18,22H,2,9-11H2,1H3,(H2-,26,27,33,34,36,37)/b28-17-/t18-,22+/m1/s1. The lowest BCUT2D eigenvalue weighted by Crippen LogP contribution is -2.71. The minimum Gasteiger partial charge on any atom is -0.709 e. The van der Waals surface area contributed by atoms with Crippen molar-refractivity contribution in [2.45, 2.75) is 24.9 Å². The van der Waals surface area contributed by atoms with E-state index in [1.54, 1.807) is 6.92 Å². The van der Waals surface area contributed by atoms with Crippen LogP contribution in [0.3, 0.4) is 0 Å². The van der Waals surface area contributed by atoms with Gasteiger partial charge in [0.05, 0.1) is 17.9 Å². The van der Waals surface area contributed by atoms with Crippen LogP contribution in [0.4, 0.5) is 5.13 Å². The smallest absolute Gasteiger partial charge is 0.344 e. The SMILES string of the molecule is CCO/N=C(\C(=O)N[C@@H]1C(=O)N2C(C(=O)[O-])=C(Cn3cc[n+]4ccccc34)CS[C@@H]12)c1csc(NC(=O)CCl)[n+]1[O-]. The number of halogens is 1. The van der Waals surface area contributed by atoms with Crippen molar-refractivity contribution in [1.29, 1.82) is 0 Å². The predicted molar refractivity (Wildman–Crippen MR) is 145 cm³/mol. The highest BCUT2D eigenvalue weighted by Gasteiger charge is 2.53. The molecule has 5 rings (SSSR count). The van der Waals surface area contributed by atoms with Crippen molar-refractivity contribution < 1.29 is 38.3 Å². The minimum atomic E-state index is -1.50. The number of carboxylic acids is 1. The van der Waals surface area contributed by atoms with Gasteiger partial charge in [-0.1, -0.05) is 22.6 Å². The Morgan fingerprint density at radius 3 is 2.83 bits per heavy atom. The van der Waals surface area contributed by atoms with Crippen LogP contribution in [0.1, 0.15) is 12.6 Å². The van der Waals surface area contributed by atoms with Crippen LogP contribution in [0.25, 0.3) is 5.65 Å². The molecule has 2 N–H and O–H groups in total. The number of carbonyl (C=O) groups is 4. The molecule has 0 bridgehead atoms. The molecule has 41 heavy (non-hydrogen) atoms. The number of thiazole rings is 1. The number of carbonyl (C=O) groups excluding carboxylic acids is 4. The Balaban J connectivity index is 1.36. The number of imidazole rings is 1. The zero-order valence-corrected chi connectivity index (χ0v) is 23.7. The number of aliphatic carboxylic acids is 1. The fourth-order valence-electron chi connectivity index (χ4n) is 4.42. The predicted octanol–water partition coefficient (Wildman–Crippen LogP) is -1.06. The summed E-state index contributed by atoms with van der Waals surface area (Å²) in [4.78, 5) is 56.3. The highest BCUT2D eigenvalue weighted by molar-refractivity contribution is 8.00. The Bertz CT molecular complexity index is 1620. The Hall–Kier alpha value is -4.15. The van der Waals surface area contributed by atoms with Crippen molar-refractivity contribution in [3.05, 3.63) is 64.3 Å². The van der Waals surface area contributed by atoms with Crippen molar-refractivity contribution in [2.75, 3.05) is 23.6 Å². The van der Waals surface area contributed by atoms with Gasteiger partial charge in [-0.25, -0.2) is 18.5 Å². The van der Waals surface area contributed by atoms with Crippen LogP contribution in [0.2, 0.25) is 0 Å². The van der Waals surface area contributed by atoms with Gasteiger partial charge >= 0.3 is 11.0 Å². The first-order chi connectivity index (χ1) is 19.7. The first-order valence-electron chi connectivity index (χ1n) is 12.2. The molecule has 2 atom stereocenters. The number of fused-ring (bicyclic) bond motifs is 2. The van der Waals surface area contributed by atoms with Crippen molar-refractivity contribution in [1.82, 2.24) is 14.8 Å². The van der Waals surface area contributed by atoms with E-state index < -0.39 is 40.8 Å². The normalized spacial score (nSPS) is 18.6. The van der Waals surface area contributed by atoms with E-state index in [0.717, 1.165) is 21.9 Å². The fourth-order valence-corrected chi connectivity index (χ4v) is 6.62. The van der Waals surface area contributed by atoms with Crippen molar-refractivity contribution in [3.8, 4) is 0 Å². The van der Waals surface area contributed by atoms with Gasteiger partial charge in [-0.05, 0) is 13.0 Å². The van der Waals surface area contributed by atoms with Gasteiger partial charge in [0.25, 0.3) is 17.5 Å². The summed E-state index contributed by atoms with van der Waals surface area (Å²) in [6.45, 7) is 1.93. The maximum Gasteiger partial charge on any atom is 0.344 e. The molecule has 14 nitrogen and oxygen atoms in total. The van der Waals surface area contributed by atoms with E-state index in [1.807, 2.05) is 45.8 Å². The summed E-state index contributed by atoms with van der Waals surface area (Å²) in [6.07, 6.45) is 5.51. The van der Waals surface area contributed by atoms with Crippen molar-refractivity contribution >= 4 is 74.9 Å². The third kappa shape index (κ3) is 5.32. The van der Waals surface area contributed by atoms with E-state index in [9.17, 15) is 29.5 Å². The van der Waals surface area contributed by atoms with Gasteiger partial charge < -0.3 is 25.3 Å². The van der Waals surface area contributed by atoms with Crippen molar-refractivity contribution in [2.24, 2.45) is 5.16 Å². The molecule has 2 aliphatic heterocycles. The highest BCUT2D eigenvalue weighted by atomic mass is 35.5. The Morgan fingerprint density at radius 2 is 2.10 bits per heavy atom. The van der Waals surface area contributed by atoms with E-state index in [-0.39, 0.29) is 41.3 Å². The second-order valence-corrected chi connectivity index (χ2v) is 11.0. The van der Waals surface area contributed by atoms with Gasteiger partial charge in [0.1, 0.15) is 42.8 Å². The molecule has 2 aliphatic rings. The number of carboxylic acid groups (broad SMARTS) is 1. The zero-order chi connectivity index (χ0) is 29.3. The van der Waals surface area contributed by atoms with Crippen LogP contribution in [-0.4, -0.2) is 68.5 Å². The quantitative estimate of drug-likeness (QED) is 0.0721. The maximum atomic E-state index is 13.2. The lowest BCUT2D eigenvalue weighted by atomic mass is 10.0. The lowest BCUT2D eigenvalue weighted by molar-refractivity contribution is -0.586. The van der Waals surface area contributed by atoms with Crippen LogP contribution in [0.5, 0.6) is 0 Å². The second kappa shape index (κ2) is 11.8. The van der Waals surface area contributed by atoms with E-state index in [2.05, 4.69) is 15.8 Å². The number of hydrogen-bond donors (Lipinski definition) is 2. The van der Waals surface area contributed by atoms with E-state index in [1.165, 1.54) is 17.1 Å². The number of amides is 3. The largest absolute Gasteiger partial charge is 0.709 e. The van der Waals surface area contributed by atoms with Gasteiger partial charge in [0.15, 0.2) is 5.69 Å². The number of oxime groups is 1. The number of β-lactam (4-membered cyclic amide) rings is 1. The summed E-state index contributed by atoms with van der Waals surface area (Å²) in [5.41, 5.74) is 0.442. The third-order valence-electron chi connectivity index (χ3n) is 6.25. The monoisotopic (exact) mass is 619 g/mol. The van der Waals surface area contributed by atoms with Crippen LogP contribution >= 0.6 is 34.7 Å². The number of rotatable bonds is 10. The molecule has 1 saturated heterocycles. The number of hydrogen-bond acceptors (Lipinski definition) is 10. The molecule has 0 unspecified atom stereocenters. The minimum absolute atomic E-state index is 0.0853. The molecule has 3 aromatic heterocycles. The molecule has 0 aromatic carbocycles. The molecule has 3 aromatic rings. The second-order valence-electron chi connectivity index (χ2n) is 8.75. The van der Waals surface area contributed by atoms with Crippen LogP contribution in [-0.2, 0) is 30.6 Å². The summed E-state index contributed by atoms with van der Waals surface area (Å²) in [7, 11) is 0. The number of alkyl halides is 1. The lowest BCUT2D eigenvalue weighted by Gasteiger charge is -2.50. The molecule has 3 amide bonds. The summed E-state index contributed by atoms with van der Waals surface area (Å²) in [5, 5.41) is 34.0. The van der Waals surface area contributed by atoms with Gasteiger partial charge in [-0.15, -0.1) is 23.4 Å². The molecule has 0 saturated carbocycles. The summed E-state index contributed by atoms with van der Waals surface area (Å²) in [5.74, 6) is -3.76. The molecule has 0 aliphatic carbocycles. The van der Waals surface area contributed by atoms with E-state index >= 15 is 0 Å². The highest BCUT2D eigenvalue weighted by Crippen LogP contribution is 2.40. The summed E-state index contributed by atoms with van der Waals surface area (Å²) >= 11 is 7.61. The molecular formula is C24H22ClN7O7S2. The fraction of sp³-hybridized carbons (Fsp3) is 0.292. The molecule has 0 spiro atoms. The first-order valence-corrected chi connectivity index (χ1v) is 14.6. The molecular weight excluding hydrogens is 598 g/mol. The number of anilines is 1. The Labute approximate surface area is 245 Å². The molecule has 214 valence electrons. The number of pyridine rings is 1. The first kappa shape index (κ1) is 28.4. The van der Waals surface area contributed by atoms with Gasteiger partial charge in [-0.2, -0.15) is 5.32 Å². The average molecular weight is 620 g/mol. The van der Waals surface area contributed by atoms with Gasteiger partial charge in [0.2, 0.25) is 5.71 Å².